The molecule has 0 bridgehead atoms. The van der Waals surface area contributed by atoms with Crippen LogP contribution in [0, 0.1) is 0 Å². The van der Waals surface area contributed by atoms with E-state index >= 15 is 0 Å². The Morgan fingerprint density at radius 2 is 1.80 bits per heavy atom. The summed E-state index contributed by atoms with van der Waals surface area (Å²) in [4.78, 5) is 5.21. The lowest BCUT2D eigenvalue weighted by Crippen LogP contribution is -2.58. The topological polar surface area (TPSA) is 18.5 Å². The molecule has 3 unspecified atom stereocenters. The maximum atomic E-state index is 3.66. The quantitative estimate of drug-likeness (QED) is 0.848. The van der Waals surface area contributed by atoms with Crippen molar-refractivity contribution in [2.75, 3.05) is 32.0 Å². The third-order valence-electron chi connectivity index (χ3n) is 5.20. The second-order valence-corrected chi connectivity index (χ2v) is 6.55. The Kier molecular flexibility index (Phi) is 3.99. The number of aryl methyl sites for hydroxylation is 1. The molecule has 2 aliphatic rings. The van der Waals surface area contributed by atoms with Gasteiger partial charge in [0.25, 0.3) is 0 Å². The van der Waals surface area contributed by atoms with Crippen molar-refractivity contribution in [3.05, 3.63) is 29.8 Å². The van der Waals surface area contributed by atoms with E-state index in [4.69, 9.17) is 0 Å². The first kappa shape index (κ1) is 13.9. The zero-order valence-corrected chi connectivity index (χ0v) is 13.0. The number of hydrogen-bond donors (Lipinski definition) is 1. The molecule has 3 rings (SSSR count). The van der Waals surface area contributed by atoms with Crippen molar-refractivity contribution in [1.29, 1.82) is 0 Å². The second kappa shape index (κ2) is 5.74. The molecule has 1 fully saturated rings. The van der Waals surface area contributed by atoms with Crippen LogP contribution in [0.1, 0.15) is 25.8 Å². The Morgan fingerprint density at radius 1 is 1.10 bits per heavy atom. The SMILES string of the molecule is CC1CN(C2CCc3ccccc3NC2)CC(C)N1C. The molecule has 3 nitrogen and oxygen atoms in total. The molecular formula is C17H27N3. The highest BCUT2D eigenvalue weighted by Gasteiger charge is 2.31. The highest BCUT2D eigenvalue weighted by Crippen LogP contribution is 2.25. The van der Waals surface area contributed by atoms with Crippen LogP contribution < -0.4 is 5.32 Å². The Bertz CT molecular complexity index is 420. The molecule has 2 aliphatic heterocycles. The number of nitrogens with zero attached hydrogens (tertiary/aromatic N) is 2. The zero-order valence-electron chi connectivity index (χ0n) is 13.0. The maximum absolute atomic E-state index is 3.66. The van der Waals surface area contributed by atoms with Gasteiger partial charge in [0.05, 0.1) is 0 Å². The van der Waals surface area contributed by atoms with Gasteiger partial charge in [0.2, 0.25) is 0 Å². The van der Waals surface area contributed by atoms with E-state index in [0.717, 1.165) is 6.54 Å². The van der Waals surface area contributed by atoms with E-state index in [1.54, 1.807) is 0 Å². The summed E-state index contributed by atoms with van der Waals surface area (Å²) in [7, 11) is 2.26. The Balaban J connectivity index is 1.68. The van der Waals surface area contributed by atoms with Gasteiger partial charge in [-0.05, 0) is 45.4 Å². The van der Waals surface area contributed by atoms with Crippen LogP contribution in [-0.4, -0.2) is 54.6 Å². The molecule has 0 radical (unpaired) electrons. The van der Waals surface area contributed by atoms with Crippen LogP contribution in [0.4, 0.5) is 5.69 Å². The van der Waals surface area contributed by atoms with Crippen LogP contribution in [0.3, 0.4) is 0 Å². The zero-order chi connectivity index (χ0) is 14.1. The molecule has 0 spiro atoms. The number of benzene rings is 1. The number of rotatable bonds is 1. The van der Waals surface area contributed by atoms with Gasteiger partial charge in [-0.3, -0.25) is 9.80 Å². The molecular weight excluding hydrogens is 246 g/mol. The van der Waals surface area contributed by atoms with Gasteiger partial charge in [-0.25, -0.2) is 0 Å². The fourth-order valence-corrected chi connectivity index (χ4v) is 3.62. The third kappa shape index (κ3) is 2.70. The van der Waals surface area contributed by atoms with Gasteiger partial charge in [0.1, 0.15) is 0 Å². The average Bonchev–Trinajstić information content (AvgIpc) is 2.67. The van der Waals surface area contributed by atoms with Crippen molar-refractivity contribution in [2.24, 2.45) is 0 Å². The van der Waals surface area contributed by atoms with Gasteiger partial charge in [0, 0.05) is 43.4 Å². The summed E-state index contributed by atoms with van der Waals surface area (Å²) < 4.78 is 0. The Morgan fingerprint density at radius 3 is 2.55 bits per heavy atom. The molecule has 110 valence electrons. The maximum Gasteiger partial charge on any atom is 0.0373 e. The molecule has 3 heteroatoms. The molecule has 0 aromatic heterocycles. The number of anilines is 1. The number of piperazine rings is 1. The van der Waals surface area contributed by atoms with Gasteiger partial charge in [-0.1, -0.05) is 18.2 Å². The molecule has 1 saturated heterocycles. The smallest absolute Gasteiger partial charge is 0.0373 e. The summed E-state index contributed by atoms with van der Waals surface area (Å²) in [6, 6.07) is 10.7. The summed E-state index contributed by atoms with van der Waals surface area (Å²) >= 11 is 0. The molecule has 1 N–H and O–H groups in total. The molecule has 0 aliphatic carbocycles. The van der Waals surface area contributed by atoms with Crippen LogP contribution in [0.15, 0.2) is 24.3 Å². The van der Waals surface area contributed by atoms with Crippen molar-refractivity contribution >= 4 is 5.69 Å². The number of fused-ring (bicyclic) bond motifs is 1. The van der Waals surface area contributed by atoms with Crippen molar-refractivity contribution in [1.82, 2.24) is 9.80 Å². The molecule has 0 saturated carbocycles. The van der Waals surface area contributed by atoms with Crippen molar-refractivity contribution < 1.29 is 0 Å². The predicted molar refractivity (Wildman–Crippen MR) is 85.3 cm³/mol. The van der Waals surface area contributed by atoms with E-state index < -0.39 is 0 Å². The minimum Gasteiger partial charge on any atom is -0.383 e. The average molecular weight is 273 g/mol. The third-order valence-corrected chi connectivity index (χ3v) is 5.20. The largest absolute Gasteiger partial charge is 0.383 e. The lowest BCUT2D eigenvalue weighted by atomic mass is 10.0. The van der Waals surface area contributed by atoms with Crippen LogP contribution in [0.5, 0.6) is 0 Å². The fourth-order valence-electron chi connectivity index (χ4n) is 3.62. The number of likely N-dealkylation sites (N-methyl/N-ethyl adjacent to an activating group) is 1. The standard InChI is InChI=1S/C17H27N3/c1-13-11-20(12-14(2)19(13)3)16-9-8-15-6-4-5-7-17(15)18-10-16/h4-7,13-14,16,18H,8-12H2,1-3H3. The van der Waals surface area contributed by atoms with E-state index in [1.165, 1.54) is 37.2 Å². The first-order valence-electron chi connectivity index (χ1n) is 7.93. The minimum atomic E-state index is 0.657. The summed E-state index contributed by atoms with van der Waals surface area (Å²) in [5.41, 5.74) is 2.82. The van der Waals surface area contributed by atoms with Crippen LogP contribution in [0.25, 0.3) is 0 Å². The molecule has 2 heterocycles. The van der Waals surface area contributed by atoms with Crippen molar-refractivity contribution in [3.8, 4) is 0 Å². The predicted octanol–water partition coefficient (Wildman–Crippen LogP) is 2.44. The van der Waals surface area contributed by atoms with E-state index in [1.807, 2.05) is 0 Å². The van der Waals surface area contributed by atoms with Crippen molar-refractivity contribution in [3.63, 3.8) is 0 Å². The summed E-state index contributed by atoms with van der Waals surface area (Å²) in [5.74, 6) is 0. The monoisotopic (exact) mass is 273 g/mol. The van der Waals surface area contributed by atoms with Gasteiger partial charge >= 0.3 is 0 Å². The normalized spacial score (nSPS) is 32.2. The molecule has 3 atom stereocenters. The second-order valence-electron chi connectivity index (χ2n) is 6.55. The summed E-state index contributed by atoms with van der Waals surface area (Å²) in [6.45, 7) is 8.18. The Labute approximate surface area is 123 Å². The van der Waals surface area contributed by atoms with Gasteiger partial charge < -0.3 is 5.32 Å². The van der Waals surface area contributed by atoms with Gasteiger partial charge in [-0.2, -0.15) is 0 Å². The van der Waals surface area contributed by atoms with E-state index in [0.29, 0.717) is 18.1 Å². The molecule has 20 heavy (non-hydrogen) atoms. The van der Waals surface area contributed by atoms with Gasteiger partial charge in [-0.15, -0.1) is 0 Å². The number of para-hydroxylation sites is 1. The molecule has 0 amide bonds. The summed E-state index contributed by atoms with van der Waals surface area (Å²) in [6.07, 6.45) is 2.47. The van der Waals surface area contributed by atoms with Crippen LogP contribution in [-0.2, 0) is 6.42 Å². The lowest BCUT2D eigenvalue weighted by Gasteiger charge is -2.45. The highest BCUT2D eigenvalue weighted by atomic mass is 15.3. The highest BCUT2D eigenvalue weighted by molar-refractivity contribution is 5.52. The van der Waals surface area contributed by atoms with Crippen LogP contribution in [0.2, 0.25) is 0 Å². The van der Waals surface area contributed by atoms with E-state index in [-0.39, 0.29) is 0 Å². The van der Waals surface area contributed by atoms with E-state index in [9.17, 15) is 0 Å². The number of hydrogen-bond acceptors (Lipinski definition) is 3. The summed E-state index contributed by atoms with van der Waals surface area (Å²) in [5, 5.41) is 3.66. The van der Waals surface area contributed by atoms with Crippen LogP contribution >= 0.6 is 0 Å². The molecule has 1 aromatic rings. The lowest BCUT2D eigenvalue weighted by molar-refractivity contribution is 0.0349. The molecule has 1 aromatic carbocycles. The first-order valence-corrected chi connectivity index (χ1v) is 7.93. The fraction of sp³-hybridized carbons (Fsp3) is 0.647. The van der Waals surface area contributed by atoms with Crippen molar-refractivity contribution in [2.45, 2.75) is 44.8 Å². The van der Waals surface area contributed by atoms with E-state index in [2.05, 4.69) is 60.3 Å². The van der Waals surface area contributed by atoms with Gasteiger partial charge in [0.15, 0.2) is 0 Å². The first-order chi connectivity index (χ1) is 9.65. The number of nitrogens with one attached hydrogen (secondary N) is 1. The Hall–Kier alpha value is -1.06. The minimum absolute atomic E-state index is 0.657.